The zero-order chi connectivity index (χ0) is 36.5. The van der Waals surface area contributed by atoms with Gasteiger partial charge in [-0.3, -0.25) is 19.2 Å². The maximum Gasteiger partial charge on any atom is 0.247 e. The van der Waals surface area contributed by atoms with Crippen LogP contribution in [-0.4, -0.2) is 72.8 Å². The Kier molecular flexibility index (Phi) is 11.9. The average Bonchev–Trinajstić information content (AvgIpc) is 3.87. The number of carbonyl (C=O) groups is 4. The molecule has 2 aliphatic heterocycles. The van der Waals surface area contributed by atoms with Crippen molar-refractivity contribution in [3.05, 3.63) is 113 Å². The molecule has 0 saturated carbocycles. The van der Waals surface area contributed by atoms with E-state index < -0.39 is 12.1 Å². The Morgan fingerprint density at radius 2 is 1.25 bits per heavy atom. The molecular formula is C42H46N4O6. The summed E-state index contributed by atoms with van der Waals surface area (Å²) in [6.45, 7) is 1.13. The Morgan fingerprint density at radius 1 is 0.712 bits per heavy atom. The Labute approximate surface area is 305 Å². The van der Waals surface area contributed by atoms with Crippen molar-refractivity contribution in [3.8, 4) is 5.75 Å². The first kappa shape index (κ1) is 36.2. The van der Waals surface area contributed by atoms with Gasteiger partial charge in [-0.1, -0.05) is 60.7 Å². The number of benzene rings is 3. The highest BCUT2D eigenvalue weighted by molar-refractivity contribution is 5.99. The molecule has 10 heteroatoms. The van der Waals surface area contributed by atoms with E-state index in [1.54, 1.807) is 24.0 Å². The summed E-state index contributed by atoms with van der Waals surface area (Å²) in [5.41, 5.74) is 5.03. The number of likely N-dealkylation sites (tertiary alicyclic amines) is 2. The monoisotopic (exact) mass is 702 g/mol. The molecule has 270 valence electrons. The van der Waals surface area contributed by atoms with Gasteiger partial charge in [0.25, 0.3) is 0 Å². The Morgan fingerprint density at radius 3 is 1.79 bits per heavy atom. The van der Waals surface area contributed by atoms with Crippen molar-refractivity contribution in [2.45, 2.75) is 63.5 Å². The summed E-state index contributed by atoms with van der Waals surface area (Å²) in [5, 5.41) is 5.98. The molecule has 2 fully saturated rings. The number of rotatable bonds is 12. The third-order valence-electron chi connectivity index (χ3n) is 9.93. The van der Waals surface area contributed by atoms with Gasteiger partial charge >= 0.3 is 0 Å². The van der Waals surface area contributed by atoms with Crippen LogP contribution in [0.5, 0.6) is 5.75 Å². The van der Waals surface area contributed by atoms with Gasteiger partial charge in [0.15, 0.2) is 0 Å². The van der Waals surface area contributed by atoms with Gasteiger partial charge in [-0.25, -0.2) is 0 Å². The molecule has 0 aromatic heterocycles. The molecule has 6 rings (SSSR count). The van der Waals surface area contributed by atoms with E-state index in [2.05, 4.69) is 10.6 Å². The van der Waals surface area contributed by atoms with Crippen LogP contribution in [0, 0.1) is 0 Å². The number of carbonyl (C=O) groups excluding carboxylic acids is 4. The van der Waals surface area contributed by atoms with Crippen LogP contribution < -0.4 is 15.4 Å². The van der Waals surface area contributed by atoms with Crippen LogP contribution in [0.25, 0.3) is 12.2 Å². The Hall–Kier alpha value is -5.64. The number of para-hydroxylation sites is 1. The molecule has 52 heavy (non-hydrogen) atoms. The molecule has 4 amide bonds. The maximum atomic E-state index is 13.2. The van der Waals surface area contributed by atoms with Crippen molar-refractivity contribution in [2.24, 2.45) is 0 Å². The highest BCUT2D eigenvalue weighted by atomic mass is 16.5. The van der Waals surface area contributed by atoms with Crippen molar-refractivity contribution in [1.82, 2.24) is 9.80 Å². The number of hydrogen-bond acceptors (Lipinski definition) is 6. The quantitative estimate of drug-likeness (QED) is 0.205. The number of nitrogens with one attached hydrogen (secondary N) is 2. The van der Waals surface area contributed by atoms with Crippen molar-refractivity contribution in [3.63, 3.8) is 0 Å². The summed E-state index contributed by atoms with van der Waals surface area (Å²) < 4.78 is 10.8. The second-order valence-electron chi connectivity index (χ2n) is 13.3. The fourth-order valence-electron chi connectivity index (χ4n) is 7.15. The van der Waals surface area contributed by atoms with Crippen LogP contribution in [0.2, 0.25) is 0 Å². The van der Waals surface area contributed by atoms with Gasteiger partial charge < -0.3 is 29.9 Å². The molecule has 3 aromatic carbocycles. The molecule has 3 aromatic rings. The van der Waals surface area contributed by atoms with Crippen LogP contribution in [0.1, 0.15) is 61.6 Å². The van der Waals surface area contributed by atoms with E-state index in [9.17, 15) is 19.2 Å². The third kappa shape index (κ3) is 8.80. The van der Waals surface area contributed by atoms with E-state index in [-0.39, 0.29) is 36.5 Å². The van der Waals surface area contributed by atoms with Gasteiger partial charge in [-0.15, -0.1) is 0 Å². The zero-order valence-electron chi connectivity index (χ0n) is 29.8. The lowest BCUT2D eigenvalue weighted by Gasteiger charge is -2.25. The Bertz CT molecular complexity index is 1860. The van der Waals surface area contributed by atoms with Crippen molar-refractivity contribution >= 4 is 47.2 Å². The number of anilines is 2. The molecule has 0 bridgehead atoms. The lowest BCUT2D eigenvalue weighted by atomic mass is 9.99. The fraction of sp³-hybridized carbons (Fsp3) is 0.333. The van der Waals surface area contributed by atoms with E-state index in [0.29, 0.717) is 43.1 Å². The minimum atomic E-state index is -0.513. The SMILES string of the molecule is COC1=C(CC(=O)N2CCC[C@H]2C(=O)Nc2ccc(/C=C/c3ccc(NC(=O)C4CCCN4C(=O)Cc4ccccc4OC)cc3)cc2)CCC=C1. The van der Waals surface area contributed by atoms with Crippen LogP contribution in [0.4, 0.5) is 11.4 Å². The summed E-state index contributed by atoms with van der Waals surface area (Å²) in [4.78, 5) is 56.2. The van der Waals surface area contributed by atoms with Gasteiger partial charge in [0.2, 0.25) is 23.6 Å². The van der Waals surface area contributed by atoms with E-state index >= 15 is 0 Å². The lowest BCUT2D eigenvalue weighted by molar-refractivity contribution is -0.136. The van der Waals surface area contributed by atoms with E-state index in [1.165, 1.54) is 0 Å². The lowest BCUT2D eigenvalue weighted by Crippen LogP contribution is -2.43. The van der Waals surface area contributed by atoms with E-state index in [0.717, 1.165) is 53.7 Å². The van der Waals surface area contributed by atoms with Crippen LogP contribution in [-0.2, 0) is 30.3 Å². The number of ether oxygens (including phenoxy) is 2. The third-order valence-corrected chi connectivity index (χ3v) is 9.93. The molecule has 1 unspecified atom stereocenters. The van der Waals surface area contributed by atoms with Crippen molar-refractivity contribution in [1.29, 1.82) is 0 Å². The Balaban J connectivity index is 0.988. The summed E-state index contributed by atoms with van der Waals surface area (Å²) in [5.74, 6) is 0.915. The van der Waals surface area contributed by atoms with Crippen molar-refractivity contribution in [2.75, 3.05) is 37.9 Å². The molecule has 2 atom stereocenters. The maximum absolute atomic E-state index is 13.2. The largest absolute Gasteiger partial charge is 0.497 e. The second-order valence-corrected chi connectivity index (χ2v) is 13.3. The van der Waals surface area contributed by atoms with Crippen LogP contribution in [0.15, 0.2) is 96.3 Å². The molecular weight excluding hydrogens is 656 g/mol. The molecule has 2 heterocycles. The van der Waals surface area contributed by atoms with Gasteiger partial charge in [-0.05, 0) is 91.6 Å². The number of methoxy groups -OCH3 is 2. The second kappa shape index (κ2) is 17.0. The van der Waals surface area contributed by atoms with Crippen molar-refractivity contribution < 1.29 is 28.7 Å². The molecule has 2 saturated heterocycles. The van der Waals surface area contributed by atoms with Gasteiger partial charge in [-0.2, -0.15) is 0 Å². The smallest absolute Gasteiger partial charge is 0.247 e. The normalized spacial score (nSPS) is 18.5. The minimum Gasteiger partial charge on any atom is -0.497 e. The number of allylic oxidation sites excluding steroid dienone is 2. The molecule has 10 nitrogen and oxygen atoms in total. The standard InChI is InChI=1S/C42H46N4O6/c1-51-37-13-5-3-9-31(37)27-39(47)45-25-7-11-35(45)41(49)43-33-21-17-29(18-22-33)15-16-30-19-23-34(24-20-30)44-42(50)36-12-8-26-46(36)40(48)28-32-10-4-6-14-38(32)52-2/h3,5-6,9,13-24,35-36H,4,7-8,10-12,25-28H2,1-2H3,(H,43,49)(H,44,50)/b16-15+/t35?,36-/m0/s1. The predicted molar refractivity (Wildman–Crippen MR) is 202 cm³/mol. The van der Waals surface area contributed by atoms with Crippen LogP contribution in [0.3, 0.4) is 0 Å². The highest BCUT2D eigenvalue weighted by Crippen LogP contribution is 2.27. The fourth-order valence-corrected chi connectivity index (χ4v) is 7.15. The van der Waals surface area contributed by atoms with E-state index in [4.69, 9.17) is 9.47 Å². The molecule has 0 spiro atoms. The molecule has 1 aliphatic carbocycles. The highest BCUT2D eigenvalue weighted by Gasteiger charge is 2.35. The van der Waals surface area contributed by atoms with Gasteiger partial charge in [0, 0.05) is 30.0 Å². The summed E-state index contributed by atoms with van der Waals surface area (Å²) >= 11 is 0. The first-order chi connectivity index (χ1) is 25.3. The summed E-state index contributed by atoms with van der Waals surface area (Å²) in [6, 6.07) is 21.5. The molecule has 3 aliphatic rings. The van der Waals surface area contributed by atoms with Gasteiger partial charge in [0.1, 0.15) is 23.6 Å². The number of hydrogen-bond donors (Lipinski definition) is 2. The average molecular weight is 703 g/mol. The summed E-state index contributed by atoms with van der Waals surface area (Å²) in [7, 11) is 3.20. The number of amides is 4. The zero-order valence-corrected chi connectivity index (χ0v) is 29.8. The molecule has 2 N–H and O–H groups in total. The summed E-state index contributed by atoms with van der Waals surface area (Å²) in [6.07, 6.45) is 12.9. The van der Waals surface area contributed by atoms with Crippen LogP contribution >= 0.6 is 0 Å². The topological polar surface area (TPSA) is 117 Å². The first-order valence-corrected chi connectivity index (χ1v) is 18.0. The predicted octanol–water partition coefficient (Wildman–Crippen LogP) is 6.61. The molecule has 0 radical (unpaired) electrons. The first-order valence-electron chi connectivity index (χ1n) is 18.0. The minimum absolute atomic E-state index is 0.0402. The number of nitrogens with zero attached hydrogens (tertiary/aromatic N) is 2. The van der Waals surface area contributed by atoms with Gasteiger partial charge in [0.05, 0.1) is 27.1 Å². The van der Waals surface area contributed by atoms with E-state index in [1.807, 2.05) is 97.1 Å².